The van der Waals surface area contributed by atoms with Crippen molar-refractivity contribution in [3.8, 4) is 11.3 Å². The fraction of sp³-hybridized carbons (Fsp3) is 0.294. The van der Waals surface area contributed by atoms with Crippen LogP contribution in [0.2, 0.25) is 0 Å². The van der Waals surface area contributed by atoms with Crippen LogP contribution >= 0.6 is 11.8 Å². The molecule has 3 heterocycles. The van der Waals surface area contributed by atoms with E-state index in [2.05, 4.69) is 36.2 Å². The highest BCUT2D eigenvalue weighted by molar-refractivity contribution is 7.99. The van der Waals surface area contributed by atoms with Crippen molar-refractivity contribution in [1.82, 2.24) is 15.2 Å². The molecule has 3 aromatic rings. The standard InChI is InChI=1S/C17H18N4S/c1-17(2)8-11-12(9-22-17)14(10-6-4-3-5-7-10)19-16-13(11)15(18)20-21-16/h3-7H,8-9H2,1-2H3,(H3,18,19,20,21). The Morgan fingerprint density at radius 1 is 1.18 bits per heavy atom. The lowest BCUT2D eigenvalue weighted by molar-refractivity contribution is 0.696. The number of hydrogen-bond donors (Lipinski definition) is 2. The minimum atomic E-state index is 0.207. The Balaban J connectivity index is 2.04. The Morgan fingerprint density at radius 3 is 2.73 bits per heavy atom. The van der Waals surface area contributed by atoms with Crippen LogP contribution in [0, 0.1) is 0 Å². The Labute approximate surface area is 133 Å². The molecule has 0 saturated carbocycles. The summed E-state index contributed by atoms with van der Waals surface area (Å²) in [4.78, 5) is 4.79. The summed E-state index contributed by atoms with van der Waals surface area (Å²) >= 11 is 1.98. The van der Waals surface area contributed by atoms with E-state index in [1.807, 2.05) is 30.0 Å². The molecule has 0 radical (unpaired) electrons. The third kappa shape index (κ3) is 2.08. The molecule has 0 fully saturated rings. The lowest BCUT2D eigenvalue weighted by Gasteiger charge is -2.32. The van der Waals surface area contributed by atoms with E-state index in [1.165, 1.54) is 11.1 Å². The second-order valence-electron chi connectivity index (χ2n) is 6.34. The summed E-state index contributed by atoms with van der Waals surface area (Å²) < 4.78 is 0.207. The normalized spacial score (nSPS) is 16.6. The number of H-pyrrole nitrogens is 1. The van der Waals surface area contributed by atoms with Crippen LogP contribution in [0.4, 0.5) is 5.82 Å². The van der Waals surface area contributed by atoms with Gasteiger partial charge in [0.05, 0.1) is 11.1 Å². The number of nitrogens with one attached hydrogen (secondary N) is 1. The monoisotopic (exact) mass is 310 g/mol. The van der Waals surface area contributed by atoms with Gasteiger partial charge in [-0.25, -0.2) is 4.98 Å². The average molecular weight is 310 g/mol. The van der Waals surface area contributed by atoms with Gasteiger partial charge in [-0.1, -0.05) is 44.2 Å². The predicted molar refractivity (Wildman–Crippen MR) is 92.8 cm³/mol. The van der Waals surface area contributed by atoms with Crippen molar-refractivity contribution in [3.05, 3.63) is 41.5 Å². The van der Waals surface area contributed by atoms with Gasteiger partial charge in [0, 0.05) is 16.1 Å². The van der Waals surface area contributed by atoms with E-state index in [0.717, 1.165) is 34.5 Å². The Kier molecular flexibility index (Phi) is 2.94. The fourth-order valence-corrected chi connectivity index (χ4v) is 4.21. The Bertz CT molecular complexity index is 852. The van der Waals surface area contributed by atoms with Gasteiger partial charge < -0.3 is 5.73 Å². The number of nitrogen functional groups attached to an aromatic ring is 1. The highest BCUT2D eigenvalue weighted by Gasteiger charge is 2.31. The van der Waals surface area contributed by atoms with E-state index in [4.69, 9.17) is 10.7 Å². The predicted octanol–water partition coefficient (Wildman–Crippen LogP) is 3.78. The zero-order valence-corrected chi connectivity index (χ0v) is 13.5. The first-order chi connectivity index (χ1) is 10.6. The molecular formula is C17H18N4S. The summed E-state index contributed by atoms with van der Waals surface area (Å²) in [6, 6.07) is 10.3. The minimum Gasteiger partial charge on any atom is -0.384 e. The molecule has 22 heavy (non-hydrogen) atoms. The van der Waals surface area contributed by atoms with Crippen LogP contribution in [0.15, 0.2) is 30.3 Å². The average Bonchev–Trinajstić information content (AvgIpc) is 2.88. The van der Waals surface area contributed by atoms with E-state index in [9.17, 15) is 0 Å². The third-order valence-corrected chi connectivity index (χ3v) is 5.56. The molecule has 5 heteroatoms. The topological polar surface area (TPSA) is 67.6 Å². The quantitative estimate of drug-likeness (QED) is 0.718. The van der Waals surface area contributed by atoms with Gasteiger partial charge >= 0.3 is 0 Å². The second-order valence-corrected chi connectivity index (χ2v) is 8.03. The third-order valence-electron chi connectivity index (χ3n) is 4.20. The molecule has 4 nitrogen and oxygen atoms in total. The summed E-state index contributed by atoms with van der Waals surface area (Å²) in [5.74, 6) is 1.58. The van der Waals surface area contributed by atoms with Gasteiger partial charge in [0.15, 0.2) is 5.65 Å². The largest absolute Gasteiger partial charge is 0.384 e. The number of nitrogens with two attached hydrogens (primary N) is 1. The molecule has 0 aliphatic carbocycles. The maximum absolute atomic E-state index is 6.11. The molecule has 0 atom stereocenters. The zero-order valence-electron chi connectivity index (χ0n) is 12.7. The van der Waals surface area contributed by atoms with Gasteiger partial charge in [-0.3, -0.25) is 5.10 Å². The van der Waals surface area contributed by atoms with Crippen molar-refractivity contribution in [2.45, 2.75) is 30.8 Å². The highest BCUT2D eigenvalue weighted by atomic mass is 32.2. The van der Waals surface area contributed by atoms with E-state index >= 15 is 0 Å². The Morgan fingerprint density at radius 2 is 1.95 bits per heavy atom. The molecule has 1 aliphatic heterocycles. The van der Waals surface area contributed by atoms with E-state index < -0.39 is 0 Å². The van der Waals surface area contributed by atoms with Gasteiger partial charge in [-0.05, 0) is 17.5 Å². The molecule has 1 aliphatic rings. The zero-order chi connectivity index (χ0) is 15.3. The SMILES string of the molecule is CC1(C)Cc2c(c(-c3ccccc3)nc3n[nH]c(N)c23)CS1. The van der Waals surface area contributed by atoms with Gasteiger partial charge in [-0.2, -0.15) is 16.9 Å². The molecule has 3 N–H and O–H groups in total. The summed E-state index contributed by atoms with van der Waals surface area (Å²) in [7, 11) is 0. The summed E-state index contributed by atoms with van der Waals surface area (Å²) in [6.07, 6.45) is 0.982. The van der Waals surface area contributed by atoms with Gasteiger partial charge in [0.25, 0.3) is 0 Å². The van der Waals surface area contributed by atoms with Crippen LogP contribution < -0.4 is 5.73 Å². The first-order valence-corrected chi connectivity index (χ1v) is 8.38. The van der Waals surface area contributed by atoms with Crippen LogP contribution in [0.3, 0.4) is 0 Å². The molecule has 2 aromatic heterocycles. The molecule has 0 spiro atoms. The number of benzene rings is 1. The number of fused-ring (bicyclic) bond motifs is 3. The number of pyridine rings is 1. The number of aromatic nitrogens is 3. The minimum absolute atomic E-state index is 0.207. The first-order valence-electron chi connectivity index (χ1n) is 7.40. The van der Waals surface area contributed by atoms with Crippen LogP contribution in [0.1, 0.15) is 25.0 Å². The summed E-state index contributed by atoms with van der Waals surface area (Å²) in [5.41, 5.74) is 11.6. The van der Waals surface area contributed by atoms with E-state index in [-0.39, 0.29) is 4.75 Å². The second kappa shape index (κ2) is 4.74. The van der Waals surface area contributed by atoms with Gasteiger partial charge in [-0.15, -0.1) is 0 Å². The molecular weight excluding hydrogens is 292 g/mol. The van der Waals surface area contributed by atoms with Crippen molar-refractivity contribution >= 4 is 28.6 Å². The molecule has 1 aromatic carbocycles. The molecule has 0 amide bonds. The number of rotatable bonds is 1. The maximum atomic E-state index is 6.11. The van der Waals surface area contributed by atoms with Crippen molar-refractivity contribution in [2.24, 2.45) is 0 Å². The molecule has 0 bridgehead atoms. The van der Waals surface area contributed by atoms with E-state index in [1.54, 1.807) is 0 Å². The number of hydrogen-bond acceptors (Lipinski definition) is 4. The van der Waals surface area contributed by atoms with E-state index in [0.29, 0.717) is 5.82 Å². The van der Waals surface area contributed by atoms with Crippen molar-refractivity contribution in [3.63, 3.8) is 0 Å². The maximum Gasteiger partial charge on any atom is 0.183 e. The smallest absolute Gasteiger partial charge is 0.183 e. The van der Waals surface area contributed by atoms with Crippen molar-refractivity contribution in [1.29, 1.82) is 0 Å². The summed E-state index contributed by atoms with van der Waals surface area (Å²) in [5, 5.41) is 8.19. The van der Waals surface area contributed by atoms with Crippen molar-refractivity contribution < 1.29 is 0 Å². The molecule has 0 saturated heterocycles. The number of aromatic amines is 1. The van der Waals surface area contributed by atoms with Crippen LogP contribution in [-0.2, 0) is 12.2 Å². The molecule has 4 rings (SSSR count). The molecule has 112 valence electrons. The lowest BCUT2D eigenvalue weighted by Crippen LogP contribution is -2.24. The first kappa shape index (κ1) is 13.6. The van der Waals surface area contributed by atoms with Crippen LogP contribution in [-0.4, -0.2) is 19.9 Å². The number of nitrogens with zero attached hydrogens (tertiary/aromatic N) is 2. The van der Waals surface area contributed by atoms with Gasteiger partial charge in [0.2, 0.25) is 0 Å². The van der Waals surface area contributed by atoms with Crippen LogP contribution in [0.25, 0.3) is 22.3 Å². The van der Waals surface area contributed by atoms with Crippen LogP contribution in [0.5, 0.6) is 0 Å². The van der Waals surface area contributed by atoms with Gasteiger partial charge in [0.1, 0.15) is 5.82 Å². The Hall–Kier alpha value is -2.01. The summed E-state index contributed by atoms with van der Waals surface area (Å²) in [6.45, 7) is 4.57. The number of thioether (sulfide) groups is 1. The fourth-order valence-electron chi connectivity index (χ4n) is 3.12. The highest BCUT2D eigenvalue weighted by Crippen LogP contribution is 2.44. The molecule has 0 unspecified atom stereocenters. The number of anilines is 1. The lowest BCUT2D eigenvalue weighted by atomic mass is 9.92. The van der Waals surface area contributed by atoms with Crippen molar-refractivity contribution in [2.75, 3.05) is 5.73 Å².